The fourth-order valence-electron chi connectivity index (χ4n) is 2.92. The van der Waals surface area contributed by atoms with Crippen molar-refractivity contribution in [3.05, 3.63) is 47.0 Å². The lowest BCUT2D eigenvalue weighted by Gasteiger charge is -2.07. The number of hydrogen-bond donors (Lipinski definition) is 1. The second-order valence-electron chi connectivity index (χ2n) is 5.55. The summed E-state index contributed by atoms with van der Waals surface area (Å²) in [7, 11) is 0. The minimum atomic E-state index is 0.550. The highest BCUT2D eigenvalue weighted by atomic mass is 14.7. The second kappa shape index (κ2) is 3.88. The van der Waals surface area contributed by atoms with E-state index in [0.29, 0.717) is 5.92 Å². The van der Waals surface area contributed by atoms with Crippen LogP contribution in [0.25, 0.3) is 21.8 Å². The normalized spacial score (nSPS) is 11.8. The van der Waals surface area contributed by atoms with Gasteiger partial charge in [-0.1, -0.05) is 37.6 Å². The number of fused-ring (bicyclic) bond motifs is 3. The summed E-state index contributed by atoms with van der Waals surface area (Å²) in [5, 5.41) is 2.76. The Labute approximate surface area is 108 Å². The van der Waals surface area contributed by atoms with Crippen molar-refractivity contribution in [1.82, 2.24) is 4.98 Å². The van der Waals surface area contributed by atoms with Gasteiger partial charge in [-0.2, -0.15) is 0 Å². The van der Waals surface area contributed by atoms with Gasteiger partial charge in [0.25, 0.3) is 0 Å². The molecule has 1 heterocycles. The Morgan fingerprint density at radius 1 is 1.06 bits per heavy atom. The van der Waals surface area contributed by atoms with Crippen LogP contribution in [0.5, 0.6) is 0 Å². The molecular formula is C17H19N. The van der Waals surface area contributed by atoms with Crippen molar-refractivity contribution in [1.29, 1.82) is 0 Å². The van der Waals surface area contributed by atoms with Crippen molar-refractivity contribution >= 4 is 21.8 Å². The Bertz CT molecular complexity index is 732. The number of benzene rings is 2. The molecule has 1 aromatic heterocycles. The number of H-pyrrole nitrogens is 1. The van der Waals surface area contributed by atoms with Crippen LogP contribution in [0.2, 0.25) is 0 Å². The minimum Gasteiger partial charge on any atom is -0.354 e. The quantitative estimate of drug-likeness (QED) is 0.608. The van der Waals surface area contributed by atoms with Gasteiger partial charge in [0.1, 0.15) is 0 Å². The van der Waals surface area contributed by atoms with Crippen LogP contribution in [-0.2, 0) is 0 Å². The molecule has 0 bridgehead atoms. The zero-order valence-electron chi connectivity index (χ0n) is 11.5. The molecule has 1 heteroatoms. The first-order valence-electron chi connectivity index (χ1n) is 6.59. The van der Waals surface area contributed by atoms with Crippen LogP contribution in [0.4, 0.5) is 0 Å². The zero-order valence-corrected chi connectivity index (χ0v) is 11.5. The molecule has 0 unspecified atom stereocenters. The molecule has 1 nitrogen and oxygen atoms in total. The third-order valence-electron chi connectivity index (χ3n) is 3.73. The molecule has 0 saturated heterocycles. The van der Waals surface area contributed by atoms with E-state index >= 15 is 0 Å². The first-order chi connectivity index (χ1) is 8.58. The van der Waals surface area contributed by atoms with Crippen LogP contribution >= 0.6 is 0 Å². The first kappa shape index (κ1) is 11.3. The third-order valence-corrected chi connectivity index (χ3v) is 3.73. The highest BCUT2D eigenvalue weighted by Gasteiger charge is 2.12. The van der Waals surface area contributed by atoms with E-state index in [4.69, 9.17) is 0 Å². The summed E-state index contributed by atoms with van der Waals surface area (Å²) in [6.45, 7) is 8.87. The summed E-state index contributed by atoms with van der Waals surface area (Å²) in [6, 6.07) is 11.1. The summed E-state index contributed by atoms with van der Waals surface area (Å²) in [6.07, 6.45) is 0. The maximum Gasteiger partial charge on any atom is 0.0494 e. The van der Waals surface area contributed by atoms with E-state index < -0.39 is 0 Å². The molecule has 0 aliphatic rings. The van der Waals surface area contributed by atoms with E-state index in [-0.39, 0.29) is 0 Å². The van der Waals surface area contributed by atoms with Gasteiger partial charge in [0, 0.05) is 21.8 Å². The van der Waals surface area contributed by atoms with E-state index in [1.54, 1.807) is 0 Å². The van der Waals surface area contributed by atoms with Gasteiger partial charge in [0.05, 0.1) is 0 Å². The SMILES string of the molecule is Cc1cc(C)c2[nH]c3cccc(C(C)C)c3c2c1. The minimum absolute atomic E-state index is 0.550. The van der Waals surface area contributed by atoms with Crippen molar-refractivity contribution in [2.24, 2.45) is 0 Å². The van der Waals surface area contributed by atoms with Crippen LogP contribution in [0.3, 0.4) is 0 Å². The fourth-order valence-corrected chi connectivity index (χ4v) is 2.92. The van der Waals surface area contributed by atoms with E-state index in [0.717, 1.165) is 0 Å². The lowest BCUT2D eigenvalue weighted by Crippen LogP contribution is -1.87. The Hall–Kier alpha value is -1.76. The fraction of sp³-hybridized carbons (Fsp3) is 0.294. The van der Waals surface area contributed by atoms with Crippen molar-refractivity contribution in [2.45, 2.75) is 33.6 Å². The van der Waals surface area contributed by atoms with Gasteiger partial charge < -0.3 is 4.98 Å². The molecule has 3 rings (SSSR count). The lowest BCUT2D eigenvalue weighted by molar-refractivity contribution is 0.877. The highest BCUT2D eigenvalue weighted by Crippen LogP contribution is 2.34. The van der Waals surface area contributed by atoms with Crippen LogP contribution in [0.15, 0.2) is 30.3 Å². The van der Waals surface area contributed by atoms with Gasteiger partial charge >= 0.3 is 0 Å². The molecule has 92 valence electrons. The molecule has 1 N–H and O–H groups in total. The van der Waals surface area contributed by atoms with Crippen LogP contribution in [0.1, 0.15) is 36.5 Å². The topological polar surface area (TPSA) is 15.8 Å². The zero-order chi connectivity index (χ0) is 12.9. The van der Waals surface area contributed by atoms with Crippen molar-refractivity contribution in [3.63, 3.8) is 0 Å². The number of aromatic amines is 1. The molecule has 0 amide bonds. The highest BCUT2D eigenvalue weighted by molar-refractivity contribution is 6.10. The number of aromatic nitrogens is 1. The summed E-state index contributed by atoms with van der Waals surface area (Å²) in [5.41, 5.74) is 6.63. The summed E-state index contributed by atoms with van der Waals surface area (Å²) in [5.74, 6) is 0.550. The number of nitrogens with one attached hydrogen (secondary N) is 1. The Kier molecular flexibility index (Phi) is 2.44. The van der Waals surface area contributed by atoms with Crippen molar-refractivity contribution in [3.8, 4) is 0 Å². The lowest BCUT2D eigenvalue weighted by atomic mass is 9.96. The molecule has 0 saturated carbocycles. The summed E-state index contributed by atoms with van der Waals surface area (Å²) >= 11 is 0. The van der Waals surface area contributed by atoms with Gasteiger partial charge in [-0.15, -0.1) is 0 Å². The van der Waals surface area contributed by atoms with E-state index in [1.165, 1.54) is 38.5 Å². The summed E-state index contributed by atoms with van der Waals surface area (Å²) < 4.78 is 0. The maximum absolute atomic E-state index is 3.57. The van der Waals surface area contributed by atoms with Crippen molar-refractivity contribution in [2.75, 3.05) is 0 Å². The Morgan fingerprint density at radius 2 is 1.83 bits per heavy atom. The average Bonchev–Trinajstić information content (AvgIpc) is 2.68. The van der Waals surface area contributed by atoms with E-state index in [2.05, 4.69) is 63.0 Å². The molecule has 18 heavy (non-hydrogen) atoms. The van der Waals surface area contributed by atoms with Gasteiger partial charge in [-0.25, -0.2) is 0 Å². The molecule has 0 fully saturated rings. The number of rotatable bonds is 1. The maximum atomic E-state index is 3.57. The van der Waals surface area contributed by atoms with Gasteiger partial charge in [-0.05, 0) is 43.0 Å². The molecule has 0 aliphatic heterocycles. The van der Waals surface area contributed by atoms with Gasteiger partial charge in [0.15, 0.2) is 0 Å². The number of aryl methyl sites for hydroxylation is 2. The summed E-state index contributed by atoms with van der Waals surface area (Å²) in [4.78, 5) is 3.57. The van der Waals surface area contributed by atoms with Crippen molar-refractivity contribution < 1.29 is 0 Å². The Balaban J connectivity index is 2.55. The first-order valence-corrected chi connectivity index (χ1v) is 6.59. The predicted molar refractivity (Wildman–Crippen MR) is 79.4 cm³/mol. The third kappa shape index (κ3) is 1.54. The smallest absolute Gasteiger partial charge is 0.0494 e. The molecule has 0 radical (unpaired) electrons. The molecule has 0 spiro atoms. The van der Waals surface area contributed by atoms with Crippen LogP contribution < -0.4 is 0 Å². The number of hydrogen-bond acceptors (Lipinski definition) is 0. The molecule has 0 atom stereocenters. The standard InChI is InChI=1S/C17H19N/c1-10(2)13-6-5-7-15-16(13)14-9-11(3)8-12(4)17(14)18-15/h5-10,18H,1-4H3. The van der Waals surface area contributed by atoms with E-state index in [1.807, 2.05) is 0 Å². The molecule has 2 aromatic carbocycles. The van der Waals surface area contributed by atoms with Gasteiger partial charge in [0.2, 0.25) is 0 Å². The van der Waals surface area contributed by atoms with Crippen LogP contribution in [-0.4, -0.2) is 4.98 Å². The van der Waals surface area contributed by atoms with E-state index in [9.17, 15) is 0 Å². The molecule has 0 aliphatic carbocycles. The molecule has 3 aromatic rings. The Morgan fingerprint density at radius 3 is 2.56 bits per heavy atom. The second-order valence-corrected chi connectivity index (χ2v) is 5.55. The monoisotopic (exact) mass is 237 g/mol. The van der Waals surface area contributed by atoms with Gasteiger partial charge in [-0.3, -0.25) is 0 Å². The molecular weight excluding hydrogens is 218 g/mol. The van der Waals surface area contributed by atoms with Crippen LogP contribution in [0, 0.1) is 13.8 Å². The largest absolute Gasteiger partial charge is 0.354 e. The average molecular weight is 237 g/mol. The predicted octanol–water partition coefficient (Wildman–Crippen LogP) is 5.06.